The van der Waals surface area contributed by atoms with Crippen LogP contribution in [-0.2, 0) is 6.18 Å². The molecule has 0 spiro atoms. The second-order valence-corrected chi connectivity index (χ2v) is 3.96. The van der Waals surface area contributed by atoms with Gasteiger partial charge in [0.15, 0.2) is 5.78 Å². The first-order valence-electron chi connectivity index (χ1n) is 4.52. The first kappa shape index (κ1) is 13.7. The number of nitrogens with zero attached hydrogens (tertiary/aromatic N) is 1. The monoisotopic (exact) mass is 305 g/mol. The Hall–Kier alpha value is -1.35. The van der Waals surface area contributed by atoms with Gasteiger partial charge < -0.3 is 0 Å². The second-order valence-electron chi connectivity index (χ2n) is 3.40. The Morgan fingerprint density at radius 1 is 1.47 bits per heavy atom. The molecule has 0 aliphatic heterocycles. The van der Waals surface area contributed by atoms with E-state index in [1.54, 1.807) is 0 Å². The minimum atomic E-state index is -4.64. The first-order valence-corrected chi connectivity index (χ1v) is 5.64. The number of hydrogen-bond donors (Lipinski definition) is 0. The summed E-state index contributed by atoms with van der Waals surface area (Å²) in [4.78, 5) is 11.5. The van der Waals surface area contributed by atoms with E-state index in [1.165, 1.54) is 19.1 Å². The maximum absolute atomic E-state index is 12.7. The van der Waals surface area contributed by atoms with Crippen molar-refractivity contribution in [1.29, 1.82) is 5.26 Å². The zero-order valence-electron chi connectivity index (χ0n) is 8.73. The van der Waals surface area contributed by atoms with Crippen LogP contribution in [0, 0.1) is 18.3 Å². The van der Waals surface area contributed by atoms with Crippen molar-refractivity contribution < 1.29 is 18.0 Å². The van der Waals surface area contributed by atoms with Gasteiger partial charge in [-0.15, -0.1) is 0 Å². The van der Waals surface area contributed by atoms with Crippen LogP contribution in [0.2, 0.25) is 0 Å². The molecule has 0 aliphatic rings. The summed E-state index contributed by atoms with van der Waals surface area (Å²) in [6, 6.07) is 3.61. The number of nitriles is 1. The molecular weight excluding hydrogens is 299 g/mol. The maximum atomic E-state index is 12.7. The van der Waals surface area contributed by atoms with Crippen LogP contribution in [0.3, 0.4) is 0 Å². The van der Waals surface area contributed by atoms with Gasteiger partial charge in [-0.05, 0) is 24.6 Å². The van der Waals surface area contributed by atoms with Gasteiger partial charge >= 0.3 is 6.18 Å². The molecule has 6 heteroatoms. The molecular formula is C11H7BrF3NO. The van der Waals surface area contributed by atoms with Gasteiger partial charge in [-0.3, -0.25) is 4.79 Å². The number of rotatable bonds is 2. The van der Waals surface area contributed by atoms with Crippen molar-refractivity contribution in [2.45, 2.75) is 13.1 Å². The highest BCUT2D eigenvalue weighted by molar-refractivity contribution is 9.09. The van der Waals surface area contributed by atoms with Gasteiger partial charge in [-0.2, -0.15) is 18.4 Å². The Morgan fingerprint density at radius 2 is 2.06 bits per heavy atom. The zero-order valence-corrected chi connectivity index (χ0v) is 10.3. The van der Waals surface area contributed by atoms with Crippen molar-refractivity contribution in [3.05, 3.63) is 34.4 Å². The summed E-state index contributed by atoms with van der Waals surface area (Å²) in [7, 11) is 0. The lowest BCUT2D eigenvalue weighted by molar-refractivity contribution is -0.137. The minimum Gasteiger partial charge on any atom is -0.293 e. The van der Waals surface area contributed by atoms with Gasteiger partial charge in [0.1, 0.15) is 6.07 Å². The molecule has 0 aromatic heterocycles. The first-order chi connectivity index (χ1) is 7.81. The molecule has 0 N–H and O–H groups in total. The molecule has 1 aromatic rings. The predicted molar refractivity (Wildman–Crippen MR) is 59.0 cm³/mol. The average Bonchev–Trinajstić information content (AvgIpc) is 2.25. The average molecular weight is 306 g/mol. The van der Waals surface area contributed by atoms with Crippen LogP contribution < -0.4 is 0 Å². The van der Waals surface area contributed by atoms with Crippen LogP contribution in [0.4, 0.5) is 13.2 Å². The third kappa shape index (κ3) is 2.86. The largest absolute Gasteiger partial charge is 0.417 e. The molecule has 0 saturated carbocycles. The van der Waals surface area contributed by atoms with Crippen molar-refractivity contribution in [1.82, 2.24) is 0 Å². The van der Waals surface area contributed by atoms with Crippen LogP contribution in [0.1, 0.15) is 27.0 Å². The Labute approximate surface area is 104 Å². The molecule has 0 fully saturated rings. The van der Waals surface area contributed by atoms with Gasteiger partial charge in [0.2, 0.25) is 0 Å². The lowest BCUT2D eigenvalue weighted by Crippen LogP contribution is -2.13. The lowest BCUT2D eigenvalue weighted by atomic mass is 9.96. The van der Waals surface area contributed by atoms with Crippen LogP contribution in [0.25, 0.3) is 0 Å². The summed E-state index contributed by atoms with van der Waals surface area (Å²) in [5.74, 6) is -0.546. The van der Waals surface area contributed by atoms with Crippen molar-refractivity contribution in [3.8, 4) is 6.07 Å². The van der Waals surface area contributed by atoms with Crippen LogP contribution in [-0.4, -0.2) is 11.1 Å². The number of halogens is 4. The van der Waals surface area contributed by atoms with Gasteiger partial charge in [-0.1, -0.05) is 15.9 Å². The number of hydrogen-bond acceptors (Lipinski definition) is 2. The molecule has 0 saturated heterocycles. The minimum absolute atomic E-state index is 0.123. The Morgan fingerprint density at radius 3 is 2.47 bits per heavy atom. The summed E-state index contributed by atoms with van der Waals surface area (Å²) < 4.78 is 38.1. The molecule has 1 rings (SSSR count). The molecule has 0 radical (unpaired) electrons. The summed E-state index contributed by atoms with van der Waals surface area (Å²) in [5.41, 5.74) is -1.59. The molecule has 2 nitrogen and oxygen atoms in total. The van der Waals surface area contributed by atoms with E-state index in [2.05, 4.69) is 15.9 Å². The standard InChI is InChI=1S/C11H7BrF3NO/c1-6-2-7(10(17)4-12)8(5-16)9(3-6)11(13,14)15/h2-3H,4H2,1H3. The Kier molecular flexibility index (Phi) is 3.94. The second kappa shape index (κ2) is 4.88. The third-order valence-electron chi connectivity index (χ3n) is 2.12. The van der Waals surface area contributed by atoms with Crippen molar-refractivity contribution in [2.24, 2.45) is 0 Å². The van der Waals surface area contributed by atoms with E-state index >= 15 is 0 Å². The van der Waals surface area contributed by atoms with Crippen molar-refractivity contribution >= 4 is 21.7 Å². The van der Waals surface area contributed by atoms with E-state index in [9.17, 15) is 18.0 Å². The number of benzene rings is 1. The SMILES string of the molecule is Cc1cc(C(=O)CBr)c(C#N)c(C(F)(F)F)c1. The highest BCUT2D eigenvalue weighted by Crippen LogP contribution is 2.34. The van der Waals surface area contributed by atoms with E-state index in [1.807, 2.05) is 0 Å². The van der Waals surface area contributed by atoms with E-state index < -0.39 is 23.1 Å². The van der Waals surface area contributed by atoms with Gasteiger partial charge in [0.25, 0.3) is 0 Å². The number of Topliss-reactive ketones (excluding diaryl/α,β-unsaturated/α-hetero) is 1. The maximum Gasteiger partial charge on any atom is 0.417 e. The quantitative estimate of drug-likeness (QED) is 0.620. The predicted octanol–water partition coefficient (Wildman–Crippen LogP) is 3.46. The topological polar surface area (TPSA) is 40.9 Å². The van der Waals surface area contributed by atoms with Crippen molar-refractivity contribution in [3.63, 3.8) is 0 Å². The number of alkyl halides is 4. The summed E-state index contributed by atoms with van der Waals surface area (Å²) >= 11 is 2.87. The van der Waals surface area contributed by atoms with Crippen molar-refractivity contribution in [2.75, 3.05) is 5.33 Å². The van der Waals surface area contributed by atoms with Gasteiger partial charge in [0.05, 0.1) is 16.5 Å². The molecule has 0 amide bonds. The molecule has 0 unspecified atom stereocenters. The molecule has 0 atom stereocenters. The normalized spacial score (nSPS) is 11.1. The molecule has 0 bridgehead atoms. The van der Waals surface area contributed by atoms with Crippen LogP contribution >= 0.6 is 15.9 Å². The fourth-order valence-corrected chi connectivity index (χ4v) is 1.72. The summed E-state index contributed by atoms with van der Waals surface area (Å²) in [6.45, 7) is 1.45. The molecule has 1 aromatic carbocycles. The third-order valence-corrected chi connectivity index (χ3v) is 2.63. The van der Waals surface area contributed by atoms with Crippen LogP contribution in [0.15, 0.2) is 12.1 Å². The lowest BCUT2D eigenvalue weighted by Gasteiger charge is -2.12. The molecule has 17 heavy (non-hydrogen) atoms. The number of carbonyl (C=O) groups is 1. The smallest absolute Gasteiger partial charge is 0.293 e. The zero-order chi connectivity index (χ0) is 13.2. The number of carbonyl (C=O) groups excluding carboxylic acids is 1. The van der Waals surface area contributed by atoms with Gasteiger partial charge in [0, 0.05) is 5.56 Å². The van der Waals surface area contributed by atoms with E-state index in [0.717, 1.165) is 6.07 Å². The Bertz CT molecular complexity index is 503. The molecule has 0 aliphatic carbocycles. The fourth-order valence-electron chi connectivity index (χ4n) is 1.42. The highest BCUT2D eigenvalue weighted by atomic mass is 79.9. The van der Waals surface area contributed by atoms with E-state index in [4.69, 9.17) is 5.26 Å². The number of ketones is 1. The van der Waals surface area contributed by atoms with E-state index in [-0.39, 0.29) is 10.9 Å². The fraction of sp³-hybridized carbons (Fsp3) is 0.273. The Balaban J connectivity index is 3.59. The highest BCUT2D eigenvalue weighted by Gasteiger charge is 2.35. The summed E-state index contributed by atoms with van der Waals surface area (Å²) in [5, 5.41) is 8.66. The summed E-state index contributed by atoms with van der Waals surface area (Å²) in [6.07, 6.45) is -4.64. The molecule has 0 heterocycles. The van der Waals surface area contributed by atoms with Crippen LogP contribution in [0.5, 0.6) is 0 Å². The van der Waals surface area contributed by atoms with Gasteiger partial charge in [-0.25, -0.2) is 0 Å². The van der Waals surface area contributed by atoms with E-state index in [0.29, 0.717) is 5.56 Å². The molecule has 90 valence electrons. The number of aryl methyl sites for hydroxylation is 1.